The first kappa shape index (κ1) is 21.5. The van der Waals surface area contributed by atoms with Crippen molar-refractivity contribution in [2.45, 2.75) is 44.7 Å². The topological polar surface area (TPSA) is 129 Å². The molecule has 0 atom stereocenters. The van der Waals surface area contributed by atoms with Gasteiger partial charge in [0.25, 0.3) is 5.91 Å². The average Bonchev–Trinajstić information content (AvgIpc) is 3.48. The Bertz CT molecular complexity index is 1460. The van der Waals surface area contributed by atoms with E-state index in [9.17, 15) is 9.59 Å². The smallest absolute Gasteiger partial charge is 0.327 e. The third kappa shape index (κ3) is 3.67. The molecule has 11 nitrogen and oxygen atoms in total. The van der Waals surface area contributed by atoms with Crippen LogP contribution in [-0.2, 0) is 12.0 Å². The van der Waals surface area contributed by atoms with E-state index in [1.165, 1.54) is 0 Å². The van der Waals surface area contributed by atoms with Gasteiger partial charge in [-0.2, -0.15) is 5.10 Å². The van der Waals surface area contributed by atoms with Crippen LogP contribution in [-0.4, -0.2) is 65.1 Å². The van der Waals surface area contributed by atoms with E-state index in [1.807, 2.05) is 22.8 Å². The van der Waals surface area contributed by atoms with Crippen molar-refractivity contribution < 1.29 is 4.79 Å². The molecule has 1 saturated heterocycles. The number of rotatable bonds is 3. The number of hydrogen-bond donors (Lipinski definition) is 2. The van der Waals surface area contributed by atoms with Gasteiger partial charge in [0.2, 0.25) is 5.82 Å². The van der Waals surface area contributed by atoms with Crippen molar-refractivity contribution in [1.82, 2.24) is 39.6 Å². The molecule has 6 heterocycles. The van der Waals surface area contributed by atoms with Crippen LogP contribution in [0.15, 0.2) is 41.6 Å². The standard InChI is InChI=1S/C24H27N9O2/c1-24(2)14-32(13-15-12-27-30-19(15)24)22(34)21-26-9-5-18(28-21)31-10-6-16(7-11-31)33-17-4-3-8-25-20(17)29-23(33)35/h3-5,8-9,12,16H,6-7,10-11,13-14H2,1-2H3,(H,27,30)(H,25,29,35). The van der Waals surface area contributed by atoms with Crippen LogP contribution >= 0.6 is 0 Å². The van der Waals surface area contributed by atoms with Gasteiger partial charge >= 0.3 is 5.69 Å². The van der Waals surface area contributed by atoms with Crippen LogP contribution in [0.3, 0.4) is 0 Å². The zero-order chi connectivity index (χ0) is 24.2. The fraction of sp³-hybridized carbons (Fsp3) is 0.417. The minimum atomic E-state index is -0.227. The molecule has 2 aliphatic heterocycles. The molecule has 0 spiro atoms. The Labute approximate surface area is 201 Å². The second-order valence-electron chi connectivity index (χ2n) is 9.94. The quantitative estimate of drug-likeness (QED) is 0.466. The van der Waals surface area contributed by atoms with Crippen LogP contribution in [0, 0.1) is 0 Å². The number of aromatic nitrogens is 7. The number of nitrogens with one attached hydrogen (secondary N) is 2. The van der Waals surface area contributed by atoms with Crippen LogP contribution in [0.4, 0.5) is 5.82 Å². The van der Waals surface area contributed by atoms with E-state index in [0.29, 0.717) is 18.7 Å². The molecule has 4 aromatic rings. The molecule has 0 aromatic carbocycles. The number of carbonyl (C=O) groups is 1. The Morgan fingerprint density at radius 1 is 1.14 bits per heavy atom. The molecule has 0 radical (unpaired) electrons. The number of fused-ring (bicyclic) bond motifs is 2. The van der Waals surface area contributed by atoms with E-state index in [1.54, 1.807) is 23.5 Å². The Hall–Kier alpha value is -4.02. The maximum atomic E-state index is 13.3. The summed E-state index contributed by atoms with van der Waals surface area (Å²) in [5.74, 6) is 0.751. The minimum absolute atomic E-state index is 0.0828. The molecular formula is C24H27N9O2. The highest BCUT2D eigenvalue weighted by molar-refractivity contribution is 5.91. The van der Waals surface area contributed by atoms with Gasteiger partial charge in [-0.15, -0.1) is 0 Å². The van der Waals surface area contributed by atoms with Gasteiger partial charge in [-0.1, -0.05) is 13.8 Å². The number of amides is 1. The first-order chi connectivity index (χ1) is 16.9. The number of imidazole rings is 1. The second-order valence-corrected chi connectivity index (χ2v) is 9.94. The van der Waals surface area contributed by atoms with Gasteiger partial charge in [-0.25, -0.2) is 19.7 Å². The van der Waals surface area contributed by atoms with Gasteiger partial charge in [0, 0.05) is 61.3 Å². The Kier molecular flexibility index (Phi) is 4.94. The Morgan fingerprint density at radius 3 is 2.80 bits per heavy atom. The summed E-state index contributed by atoms with van der Waals surface area (Å²) in [6.07, 6.45) is 6.69. The van der Waals surface area contributed by atoms with Gasteiger partial charge in [-0.05, 0) is 31.0 Å². The van der Waals surface area contributed by atoms with Crippen LogP contribution < -0.4 is 10.6 Å². The van der Waals surface area contributed by atoms with E-state index in [4.69, 9.17) is 0 Å². The van der Waals surface area contributed by atoms with Crippen molar-refractivity contribution in [3.05, 3.63) is 64.4 Å². The third-order valence-corrected chi connectivity index (χ3v) is 7.11. The molecule has 35 heavy (non-hydrogen) atoms. The summed E-state index contributed by atoms with van der Waals surface area (Å²) >= 11 is 0. The number of nitrogens with zero attached hydrogens (tertiary/aromatic N) is 7. The molecule has 0 bridgehead atoms. The number of carbonyl (C=O) groups excluding carboxylic acids is 1. The highest BCUT2D eigenvalue weighted by Crippen LogP contribution is 2.32. The van der Waals surface area contributed by atoms with Crippen LogP contribution in [0.1, 0.15) is 54.6 Å². The van der Waals surface area contributed by atoms with Crippen molar-refractivity contribution >= 4 is 22.9 Å². The van der Waals surface area contributed by atoms with Crippen LogP contribution in [0.2, 0.25) is 0 Å². The van der Waals surface area contributed by atoms with Crippen molar-refractivity contribution in [3.8, 4) is 0 Å². The molecule has 0 saturated carbocycles. The summed E-state index contributed by atoms with van der Waals surface area (Å²) in [4.78, 5) is 45.9. The van der Waals surface area contributed by atoms with E-state index in [0.717, 1.165) is 48.5 Å². The van der Waals surface area contributed by atoms with E-state index >= 15 is 0 Å². The van der Waals surface area contributed by atoms with Crippen LogP contribution in [0.25, 0.3) is 11.2 Å². The summed E-state index contributed by atoms with van der Waals surface area (Å²) in [5.41, 5.74) is 3.19. The highest BCUT2D eigenvalue weighted by atomic mass is 16.2. The summed E-state index contributed by atoms with van der Waals surface area (Å²) in [6.45, 7) is 6.70. The minimum Gasteiger partial charge on any atom is -0.356 e. The lowest BCUT2D eigenvalue weighted by Crippen LogP contribution is -2.45. The summed E-state index contributed by atoms with van der Waals surface area (Å²) < 4.78 is 1.82. The summed E-state index contributed by atoms with van der Waals surface area (Å²) in [7, 11) is 0. The molecule has 180 valence electrons. The molecule has 1 amide bonds. The molecule has 0 aliphatic carbocycles. The largest absolute Gasteiger partial charge is 0.356 e. The number of piperidine rings is 1. The van der Waals surface area contributed by atoms with Gasteiger partial charge in [0.1, 0.15) is 5.82 Å². The van der Waals surface area contributed by atoms with Crippen LogP contribution in [0.5, 0.6) is 0 Å². The first-order valence-electron chi connectivity index (χ1n) is 11.9. The second kappa shape index (κ2) is 8.03. The summed E-state index contributed by atoms with van der Waals surface area (Å²) in [6, 6.07) is 5.69. The number of anilines is 1. The zero-order valence-corrected chi connectivity index (χ0v) is 19.7. The molecular weight excluding hydrogens is 446 g/mol. The Balaban J connectivity index is 1.18. The number of pyridine rings is 1. The zero-order valence-electron chi connectivity index (χ0n) is 19.7. The van der Waals surface area contributed by atoms with Crippen molar-refractivity contribution in [2.75, 3.05) is 24.5 Å². The normalized spacial score (nSPS) is 18.1. The molecule has 2 aliphatic rings. The molecule has 6 rings (SSSR count). The fourth-order valence-electron chi connectivity index (χ4n) is 5.42. The van der Waals surface area contributed by atoms with E-state index < -0.39 is 0 Å². The van der Waals surface area contributed by atoms with Gasteiger partial charge in [0.15, 0.2) is 5.65 Å². The molecule has 2 N–H and O–H groups in total. The highest BCUT2D eigenvalue weighted by Gasteiger charge is 2.36. The van der Waals surface area contributed by atoms with Gasteiger partial charge in [-0.3, -0.25) is 19.4 Å². The van der Waals surface area contributed by atoms with Crippen molar-refractivity contribution in [3.63, 3.8) is 0 Å². The molecule has 1 fully saturated rings. The lowest BCUT2D eigenvalue weighted by atomic mass is 9.83. The molecule has 4 aromatic heterocycles. The molecule has 0 unspecified atom stereocenters. The predicted molar refractivity (Wildman–Crippen MR) is 129 cm³/mol. The SMILES string of the molecule is CC1(C)CN(C(=O)c2nccc(N3CCC(n4c(=O)[nH]c5ncccc54)CC3)n2)Cc2cn[nH]c21. The van der Waals surface area contributed by atoms with Gasteiger partial charge in [0.05, 0.1) is 11.7 Å². The van der Waals surface area contributed by atoms with Gasteiger partial charge < -0.3 is 9.80 Å². The number of H-pyrrole nitrogens is 2. The molecule has 11 heteroatoms. The fourth-order valence-corrected chi connectivity index (χ4v) is 5.42. The maximum absolute atomic E-state index is 13.3. The average molecular weight is 474 g/mol. The predicted octanol–water partition coefficient (Wildman–Crippen LogP) is 2.01. The lowest BCUT2D eigenvalue weighted by molar-refractivity contribution is 0.0672. The van der Waals surface area contributed by atoms with E-state index in [-0.39, 0.29) is 28.9 Å². The monoisotopic (exact) mass is 473 g/mol. The van der Waals surface area contributed by atoms with Crippen molar-refractivity contribution in [1.29, 1.82) is 0 Å². The number of hydrogen-bond acceptors (Lipinski definition) is 7. The van der Waals surface area contributed by atoms with Crippen molar-refractivity contribution in [2.24, 2.45) is 0 Å². The lowest BCUT2D eigenvalue weighted by Gasteiger charge is -2.37. The van der Waals surface area contributed by atoms with E-state index in [2.05, 4.69) is 48.9 Å². The first-order valence-corrected chi connectivity index (χ1v) is 11.9. The Morgan fingerprint density at radius 2 is 1.97 bits per heavy atom. The third-order valence-electron chi connectivity index (χ3n) is 7.11. The maximum Gasteiger partial charge on any atom is 0.327 e. The number of aromatic amines is 2. The summed E-state index contributed by atoms with van der Waals surface area (Å²) in [5, 5.41) is 7.23.